The van der Waals surface area contributed by atoms with Gasteiger partial charge in [-0.05, 0) is 24.4 Å². The zero-order chi connectivity index (χ0) is 15.1. The van der Waals surface area contributed by atoms with Crippen molar-refractivity contribution < 1.29 is 4.42 Å². The van der Waals surface area contributed by atoms with Crippen molar-refractivity contribution in [1.82, 2.24) is 14.2 Å². The van der Waals surface area contributed by atoms with E-state index >= 15 is 0 Å². The Hall–Kier alpha value is -3.10. The lowest BCUT2D eigenvalue weighted by Crippen LogP contribution is -2.20. The maximum atomic E-state index is 9.52. The fourth-order valence-corrected chi connectivity index (χ4v) is 2.44. The molecule has 0 aliphatic heterocycles. The second-order valence-corrected chi connectivity index (χ2v) is 4.70. The smallest absolute Gasteiger partial charge is 0.193 e. The van der Waals surface area contributed by atoms with Crippen molar-refractivity contribution in [3.05, 3.63) is 39.8 Å². The van der Waals surface area contributed by atoms with Crippen molar-refractivity contribution in [2.24, 2.45) is 7.05 Å². The van der Waals surface area contributed by atoms with Gasteiger partial charge in [-0.15, -0.1) is 0 Å². The first-order valence-electron chi connectivity index (χ1n) is 5.86. The Morgan fingerprint density at radius 1 is 1.33 bits per heavy atom. The zero-order valence-electron chi connectivity index (χ0n) is 10.8. The minimum atomic E-state index is -0.0791. The molecule has 0 saturated heterocycles. The lowest BCUT2D eigenvalue weighted by Gasteiger charge is -2.07. The summed E-state index contributed by atoms with van der Waals surface area (Å²) in [5, 5.41) is 29.8. The fraction of sp³-hybridized carbons (Fsp3) is 0.0769. The molecule has 0 spiro atoms. The molecule has 0 radical (unpaired) electrons. The van der Waals surface area contributed by atoms with Gasteiger partial charge in [0.05, 0.1) is 11.8 Å². The second kappa shape index (κ2) is 4.47. The SMILES string of the molecule is Cn1c(=S)[nH]n2c(=N)c(C#N)c(-c3ccco3)c(C#N)c12. The molecule has 3 rings (SSSR count). The van der Waals surface area contributed by atoms with E-state index in [-0.39, 0.29) is 16.6 Å². The molecule has 0 atom stereocenters. The number of fused-ring (bicyclic) bond motifs is 1. The van der Waals surface area contributed by atoms with Gasteiger partial charge in [-0.2, -0.15) is 10.5 Å². The van der Waals surface area contributed by atoms with Crippen LogP contribution in [0.15, 0.2) is 22.8 Å². The predicted molar refractivity (Wildman–Crippen MR) is 74.5 cm³/mol. The number of rotatable bonds is 1. The molecule has 2 N–H and O–H groups in total. The lowest BCUT2D eigenvalue weighted by atomic mass is 10.0. The van der Waals surface area contributed by atoms with Gasteiger partial charge < -0.3 is 8.98 Å². The van der Waals surface area contributed by atoms with Gasteiger partial charge in [-0.1, -0.05) is 0 Å². The van der Waals surface area contributed by atoms with E-state index in [4.69, 9.17) is 22.0 Å². The molecule has 0 unspecified atom stereocenters. The van der Waals surface area contributed by atoms with E-state index in [1.54, 1.807) is 23.7 Å². The van der Waals surface area contributed by atoms with E-state index in [0.717, 1.165) is 0 Å². The van der Waals surface area contributed by atoms with Crippen LogP contribution in [0.25, 0.3) is 17.0 Å². The van der Waals surface area contributed by atoms with E-state index in [0.29, 0.717) is 21.7 Å². The number of nitriles is 2. The average molecular weight is 296 g/mol. The first kappa shape index (κ1) is 12.9. The molecule has 0 fully saturated rings. The summed E-state index contributed by atoms with van der Waals surface area (Å²) in [6, 6.07) is 7.35. The maximum absolute atomic E-state index is 9.52. The quantitative estimate of drug-likeness (QED) is 0.667. The summed E-state index contributed by atoms with van der Waals surface area (Å²) in [5.74, 6) is 0.367. The van der Waals surface area contributed by atoms with Crippen LogP contribution < -0.4 is 5.49 Å². The Bertz CT molecular complexity index is 1050. The second-order valence-electron chi connectivity index (χ2n) is 4.31. The summed E-state index contributed by atoms with van der Waals surface area (Å²) < 4.78 is 8.57. The van der Waals surface area contributed by atoms with Gasteiger partial charge in [-0.25, -0.2) is 4.52 Å². The van der Waals surface area contributed by atoms with E-state index in [9.17, 15) is 10.5 Å². The first-order valence-corrected chi connectivity index (χ1v) is 6.27. The van der Waals surface area contributed by atoms with Crippen molar-refractivity contribution >= 4 is 17.9 Å². The van der Waals surface area contributed by atoms with E-state index < -0.39 is 0 Å². The van der Waals surface area contributed by atoms with Crippen LogP contribution in [-0.4, -0.2) is 14.2 Å². The Labute approximate surface area is 123 Å². The van der Waals surface area contributed by atoms with Crippen LogP contribution in [0.5, 0.6) is 0 Å². The number of nitrogens with zero attached hydrogens (tertiary/aromatic N) is 4. The maximum Gasteiger partial charge on any atom is 0.193 e. The Kier molecular flexibility index (Phi) is 2.75. The number of pyridine rings is 1. The molecule has 7 nitrogen and oxygen atoms in total. The third-order valence-electron chi connectivity index (χ3n) is 3.22. The molecule has 0 aliphatic carbocycles. The van der Waals surface area contributed by atoms with Crippen LogP contribution in [0.2, 0.25) is 0 Å². The van der Waals surface area contributed by atoms with Crippen molar-refractivity contribution in [2.45, 2.75) is 0 Å². The van der Waals surface area contributed by atoms with Crippen molar-refractivity contribution in [1.29, 1.82) is 15.9 Å². The third kappa shape index (κ3) is 1.64. The third-order valence-corrected chi connectivity index (χ3v) is 3.58. The minimum absolute atomic E-state index is 0.0517. The normalized spacial score (nSPS) is 10.4. The first-order chi connectivity index (χ1) is 10.1. The Balaban J connectivity index is 2.68. The molecule has 102 valence electrons. The molecule has 8 heteroatoms. The topological polar surface area (TPSA) is 110 Å². The van der Waals surface area contributed by atoms with Gasteiger partial charge in [-0.3, -0.25) is 10.5 Å². The zero-order valence-corrected chi connectivity index (χ0v) is 11.7. The highest BCUT2D eigenvalue weighted by atomic mass is 32.1. The van der Waals surface area contributed by atoms with Crippen molar-refractivity contribution in [2.75, 3.05) is 0 Å². The highest BCUT2D eigenvalue weighted by Crippen LogP contribution is 2.28. The average Bonchev–Trinajstić information content (AvgIpc) is 3.09. The highest BCUT2D eigenvalue weighted by molar-refractivity contribution is 7.71. The van der Waals surface area contributed by atoms with Crippen LogP contribution in [0.3, 0.4) is 0 Å². The predicted octanol–water partition coefficient (Wildman–Crippen LogP) is 1.82. The minimum Gasteiger partial charge on any atom is -0.464 e. The van der Waals surface area contributed by atoms with Crippen LogP contribution in [0.1, 0.15) is 11.1 Å². The summed E-state index contributed by atoms with van der Waals surface area (Å²) in [6.45, 7) is 0. The molecule has 0 aromatic carbocycles. The van der Waals surface area contributed by atoms with Crippen LogP contribution in [0, 0.1) is 32.8 Å². The highest BCUT2D eigenvalue weighted by Gasteiger charge is 2.22. The number of furan rings is 1. The van der Waals surface area contributed by atoms with Crippen LogP contribution in [-0.2, 0) is 7.05 Å². The van der Waals surface area contributed by atoms with E-state index in [1.165, 1.54) is 10.8 Å². The lowest BCUT2D eigenvalue weighted by molar-refractivity contribution is 0.581. The molecule has 3 aromatic heterocycles. The van der Waals surface area contributed by atoms with E-state index in [1.807, 2.05) is 6.07 Å². The standard InChI is InChI=1S/C13H8N6OS/c1-18-12-8(6-15)10(9-3-2-4-20-9)7(5-14)11(16)19(12)17-13(18)21/h2-4,16H,1H3,(H,17,21). The van der Waals surface area contributed by atoms with Gasteiger partial charge in [0.15, 0.2) is 15.9 Å². The van der Waals surface area contributed by atoms with Gasteiger partial charge in [0.1, 0.15) is 29.0 Å². The summed E-state index contributed by atoms with van der Waals surface area (Å²) in [4.78, 5) is 0. The van der Waals surface area contributed by atoms with E-state index in [2.05, 4.69) is 11.2 Å². The van der Waals surface area contributed by atoms with Gasteiger partial charge in [0, 0.05) is 7.05 Å². The molecular weight excluding hydrogens is 288 g/mol. The number of aromatic amines is 1. The number of aryl methyl sites for hydroxylation is 1. The molecule has 3 heterocycles. The molecule has 0 saturated carbocycles. The van der Waals surface area contributed by atoms with Crippen molar-refractivity contribution in [3.8, 4) is 23.5 Å². The number of nitrogens with one attached hydrogen (secondary N) is 2. The molecule has 21 heavy (non-hydrogen) atoms. The molecular formula is C13H8N6OS. The molecule has 0 bridgehead atoms. The summed E-state index contributed by atoms with van der Waals surface area (Å²) in [5.41, 5.74) is 0.922. The van der Waals surface area contributed by atoms with Gasteiger partial charge in [0.25, 0.3) is 0 Å². The number of H-pyrrole nitrogens is 1. The summed E-state index contributed by atoms with van der Waals surface area (Å²) >= 11 is 5.13. The number of aromatic nitrogens is 3. The van der Waals surface area contributed by atoms with Crippen LogP contribution >= 0.6 is 12.2 Å². The molecule has 0 amide bonds. The number of hydrogen-bond donors (Lipinski definition) is 2. The number of hydrogen-bond acceptors (Lipinski definition) is 5. The molecule has 3 aromatic rings. The monoisotopic (exact) mass is 296 g/mol. The Morgan fingerprint density at radius 3 is 2.62 bits per heavy atom. The Morgan fingerprint density at radius 2 is 2.05 bits per heavy atom. The summed E-state index contributed by atoms with van der Waals surface area (Å²) in [6.07, 6.45) is 1.45. The fourth-order valence-electron chi connectivity index (χ4n) is 2.26. The summed E-state index contributed by atoms with van der Waals surface area (Å²) in [7, 11) is 1.69. The van der Waals surface area contributed by atoms with Crippen LogP contribution in [0.4, 0.5) is 0 Å². The van der Waals surface area contributed by atoms with Crippen molar-refractivity contribution in [3.63, 3.8) is 0 Å². The van der Waals surface area contributed by atoms with Gasteiger partial charge >= 0.3 is 0 Å². The van der Waals surface area contributed by atoms with Gasteiger partial charge in [0.2, 0.25) is 0 Å². The largest absolute Gasteiger partial charge is 0.464 e. The molecule has 0 aliphatic rings.